The maximum atomic E-state index is 12.7. The smallest absolute Gasteiger partial charge is 0.254 e. The van der Waals surface area contributed by atoms with Crippen LogP contribution < -0.4 is 5.73 Å². The molecule has 3 N–H and O–H groups in total. The fourth-order valence-corrected chi connectivity index (χ4v) is 3.37. The molecule has 0 radical (unpaired) electrons. The van der Waals surface area contributed by atoms with Crippen LogP contribution in [0.2, 0.25) is 0 Å². The monoisotopic (exact) mass is 338 g/mol. The summed E-state index contributed by atoms with van der Waals surface area (Å²) >= 11 is 0. The third kappa shape index (κ3) is 3.56. The van der Waals surface area contributed by atoms with Crippen molar-refractivity contribution in [2.75, 3.05) is 13.2 Å². The van der Waals surface area contributed by atoms with E-state index in [9.17, 15) is 14.7 Å². The average Bonchev–Trinajstić information content (AvgIpc) is 2.67. The van der Waals surface area contributed by atoms with Gasteiger partial charge < -0.3 is 15.7 Å². The van der Waals surface area contributed by atoms with Crippen molar-refractivity contribution >= 4 is 11.8 Å². The van der Waals surface area contributed by atoms with Gasteiger partial charge in [0, 0.05) is 17.7 Å². The van der Waals surface area contributed by atoms with Crippen molar-refractivity contribution in [3.8, 4) is 11.1 Å². The molecule has 25 heavy (non-hydrogen) atoms. The molecule has 130 valence electrons. The molecule has 0 spiro atoms. The lowest BCUT2D eigenvalue weighted by Gasteiger charge is -2.34. The van der Waals surface area contributed by atoms with Crippen molar-refractivity contribution in [2.24, 2.45) is 5.73 Å². The number of piperidine rings is 1. The molecular weight excluding hydrogens is 316 g/mol. The Morgan fingerprint density at radius 2 is 1.80 bits per heavy atom. The average molecular weight is 338 g/mol. The zero-order chi connectivity index (χ0) is 17.8. The second-order valence-electron chi connectivity index (χ2n) is 6.32. The molecule has 3 rings (SSSR count). The van der Waals surface area contributed by atoms with Gasteiger partial charge in [-0.2, -0.15) is 0 Å². The Labute approximate surface area is 147 Å². The van der Waals surface area contributed by atoms with Crippen LogP contribution in [0.15, 0.2) is 48.5 Å². The lowest BCUT2D eigenvalue weighted by atomic mass is 9.97. The normalized spacial score (nSPS) is 17.3. The van der Waals surface area contributed by atoms with Gasteiger partial charge >= 0.3 is 0 Å². The first-order valence-corrected chi connectivity index (χ1v) is 8.53. The van der Waals surface area contributed by atoms with Crippen LogP contribution in [-0.4, -0.2) is 41.0 Å². The van der Waals surface area contributed by atoms with Crippen molar-refractivity contribution in [1.82, 2.24) is 4.90 Å². The highest BCUT2D eigenvalue weighted by Crippen LogP contribution is 2.25. The van der Waals surface area contributed by atoms with E-state index in [2.05, 4.69) is 0 Å². The molecule has 5 heteroatoms. The summed E-state index contributed by atoms with van der Waals surface area (Å²) in [4.78, 5) is 26.1. The summed E-state index contributed by atoms with van der Waals surface area (Å²) in [6.45, 7) is 0.673. The van der Waals surface area contributed by atoms with Gasteiger partial charge in [0.15, 0.2) is 0 Å². The largest absolute Gasteiger partial charge is 0.394 e. The van der Waals surface area contributed by atoms with Gasteiger partial charge in [-0.3, -0.25) is 9.59 Å². The quantitative estimate of drug-likeness (QED) is 0.898. The van der Waals surface area contributed by atoms with E-state index < -0.39 is 5.91 Å². The molecule has 0 aromatic heterocycles. The molecule has 1 aliphatic rings. The maximum absolute atomic E-state index is 12.7. The Morgan fingerprint density at radius 3 is 2.48 bits per heavy atom. The van der Waals surface area contributed by atoms with Gasteiger partial charge in [-0.15, -0.1) is 0 Å². The van der Waals surface area contributed by atoms with Gasteiger partial charge in [0.05, 0.1) is 12.6 Å². The van der Waals surface area contributed by atoms with E-state index in [1.807, 2.05) is 24.3 Å². The summed E-state index contributed by atoms with van der Waals surface area (Å²) in [5.74, 6) is -0.539. The molecular formula is C20H22N2O3. The molecule has 0 saturated carbocycles. The number of rotatable bonds is 4. The predicted octanol–water partition coefficient (Wildman–Crippen LogP) is 2.44. The number of hydrogen-bond donors (Lipinski definition) is 2. The fourth-order valence-electron chi connectivity index (χ4n) is 3.37. The Balaban J connectivity index is 1.85. The lowest BCUT2D eigenvalue weighted by molar-refractivity contribution is 0.0503. The first-order chi connectivity index (χ1) is 12.1. The topological polar surface area (TPSA) is 83.6 Å². The van der Waals surface area contributed by atoms with E-state index in [1.165, 1.54) is 0 Å². The van der Waals surface area contributed by atoms with E-state index in [0.29, 0.717) is 17.7 Å². The van der Waals surface area contributed by atoms with Crippen molar-refractivity contribution in [1.29, 1.82) is 0 Å². The van der Waals surface area contributed by atoms with Crippen molar-refractivity contribution in [2.45, 2.75) is 25.3 Å². The van der Waals surface area contributed by atoms with Crippen LogP contribution in [0.25, 0.3) is 11.1 Å². The zero-order valence-corrected chi connectivity index (χ0v) is 14.0. The van der Waals surface area contributed by atoms with E-state index in [1.54, 1.807) is 29.2 Å². The SMILES string of the molecule is NC(=O)c1ccccc1-c1ccc(C(=O)N2CCCCC2CO)cc1. The van der Waals surface area contributed by atoms with Gasteiger partial charge in [0.1, 0.15) is 0 Å². The van der Waals surface area contributed by atoms with Crippen LogP contribution in [0, 0.1) is 0 Å². The van der Waals surface area contributed by atoms with Crippen LogP contribution in [0.1, 0.15) is 40.0 Å². The van der Waals surface area contributed by atoms with E-state index in [-0.39, 0.29) is 18.6 Å². The molecule has 1 atom stereocenters. The number of aliphatic hydroxyl groups is 1. The van der Waals surface area contributed by atoms with E-state index in [0.717, 1.165) is 30.4 Å². The van der Waals surface area contributed by atoms with Crippen LogP contribution >= 0.6 is 0 Å². The minimum Gasteiger partial charge on any atom is -0.394 e. The minimum atomic E-state index is -0.477. The number of primary amides is 1. The Hall–Kier alpha value is -2.66. The van der Waals surface area contributed by atoms with Gasteiger partial charge in [-0.25, -0.2) is 0 Å². The van der Waals surface area contributed by atoms with Crippen molar-refractivity contribution in [3.63, 3.8) is 0 Å². The highest BCUT2D eigenvalue weighted by atomic mass is 16.3. The third-order valence-corrected chi connectivity index (χ3v) is 4.73. The summed E-state index contributed by atoms with van der Waals surface area (Å²) in [7, 11) is 0. The van der Waals surface area contributed by atoms with Gasteiger partial charge in [0.2, 0.25) is 5.91 Å². The molecule has 2 aromatic rings. The second-order valence-corrected chi connectivity index (χ2v) is 6.32. The van der Waals surface area contributed by atoms with Gasteiger partial charge in [-0.1, -0.05) is 30.3 Å². The first-order valence-electron chi connectivity index (χ1n) is 8.53. The Kier molecular flexibility index (Phi) is 5.14. The number of amides is 2. The molecule has 1 fully saturated rings. The minimum absolute atomic E-state index is 0.00416. The van der Waals surface area contributed by atoms with Gasteiger partial charge in [0.25, 0.3) is 5.91 Å². The highest BCUT2D eigenvalue weighted by Gasteiger charge is 2.26. The Morgan fingerprint density at radius 1 is 1.08 bits per heavy atom. The van der Waals surface area contributed by atoms with Crippen LogP contribution in [0.3, 0.4) is 0 Å². The Bertz CT molecular complexity index is 771. The number of likely N-dealkylation sites (tertiary alicyclic amines) is 1. The van der Waals surface area contributed by atoms with Crippen molar-refractivity contribution < 1.29 is 14.7 Å². The summed E-state index contributed by atoms with van der Waals surface area (Å²) < 4.78 is 0. The molecule has 1 saturated heterocycles. The zero-order valence-electron chi connectivity index (χ0n) is 14.0. The number of hydrogen-bond acceptors (Lipinski definition) is 3. The highest BCUT2D eigenvalue weighted by molar-refractivity contribution is 6.00. The number of nitrogens with zero attached hydrogens (tertiary/aromatic N) is 1. The van der Waals surface area contributed by atoms with Crippen LogP contribution in [-0.2, 0) is 0 Å². The predicted molar refractivity (Wildman–Crippen MR) is 96.2 cm³/mol. The standard InChI is InChI=1S/C20H22N2O3/c21-19(24)18-7-2-1-6-17(18)14-8-10-15(11-9-14)20(25)22-12-4-3-5-16(22)13-23/h1-2,6-11,16,23H,3-5,12-13H2,(H2,21,24). The maximum Gasteiger partial charge on any atom is 0.254 e. The molecule has 0 bridgehead atoms. The number of nitrogens with two attached hydrogens (primary N) is 1. The fraction of sp³-hybridized carbons (Fsp3) is 0.300. The molecule has 1 aliphatic heterocycles. The third-order valence-electron chi connectivity index (χ3n) is 4.73. The molecule has 5 nitrogen and oxygen atoms in total. The molecule has 2 amide bonds. The number of carbonyl (C=O) groups excluding carboxylic acids is 2. The van der Waals surface area contributed by atoms with Crippen LogP contribution in [0.4, 0.5) is 0 Å². The molecule has 1 unspecified atom stereocenters. The number of carbonyl (C=O) groups is 2. The number of aliphatic hydroxyl groups excluding tert-OH is 1. The van der Waals surface area contributed by atoms with E-state index in [4.69, 9.17) is 5.73 Å². The summed E-state index contributed by atoms with van der Waals surface area (Å²) in [6, 6.07) is 14.2. The summed E-state index contributed by atoms with van der Waals surface area (Å²) in [5.41, 5.74) is 8.06. The van der Waals surface area contributed by atoms with Crippen molar-refractivity contribution in [3.05, 3.63) is 59.7 Å². The number of benzene rings is 2. The van der Waals surface area contributed by atoms with Crippen LogP contribution in [0.5, 0.6) is 0 Å². The summed E-state index contributed by atoms with van der Waals surface area (Å²) in [5, 5.41) is 9.49. The summed E-state index contributed by atoms with van der Waals surface area (Å²) in [6.07, 6.45) is 2.84. The van der Waals surface area contributed by atoms with Gasteiger partial charge in [-0.05, 0) is 48.6 Å². The second kappa shape index (κ2) is 7.49. The molecule has 0 aliphatic carbocycles. The van der Waals surface area contributed by atoms with E-state index >= 15 is 0 Å². The lowest BCUT2D eigenvalue weighted by Crippen LogP contribution is -2.45. The molecule has 2 aromatic carbocycles. The molecule has 1 heterocycles. The first kappa shape index (κ1) is 17.2.